The average Bonchev–Trinajstić information content (AvgIpc) is 3.05. The maximum absolute atomic E-state index is 12.2. The smallest absolute Gasteiger partial charge is 0.461 e. The molecule has 2 aromatic carbocycles. The summed E-state index contributed by atoms with van der Waals surface area (Å²) < 4.78 is 15.4. The predicted octanol–water partition coefficient (Wildman–Crippen LogP) is 3.94. The summed E-state index contributed by atoms with van der Waals surface area (Å²) in [5, 5.41) is 3.89. The molecule has 1 N–H and O–H groups in total. The summed E-state index contributed by atoms with van der Waals surface area (Å²) >= 11 is 0. The first kappa shape index (κ1) is 17.5. The van der Waals surface area contributed by atoms with Gasteiger partial charge in [-0.25, -0.2) is 4.79 Å². The van der Waals surface area contributed by atoms with Crippen molar-refractivity contribution in [3.8, 4) is 5.75 Å². The average molecular weight is 353 g/mol. The first-order valence-corrected chi connectivity index (χ1v) is 8.36. The van der Waals surface area contributed by atoms with Crippen LogP contribution in [0.5, 0.6) is 5.75 Å². The molecule has 134 valence electrons. The topological polar surface area (TPSA) is 77.8 Å². The molecule has 0 fully saturated rings. The number of hydrogen-bond donors (Lipinski definition) is 1. The van der Waals surface area contributed by atoms with E-state index in [9.17, 15) is 9.59 Å². The van der Waals surface area contributed by atoms with Crippen LogP contribution in [0.4, 0.5) is 4.79 Å². The fourth-order valence-corrected chi connectivity index (χ4v) is 2.48. The quantitative estimate of drug-likeness (QED) is 0.536. The van der Waals surface area contributed by atoms with Crippen LogP contribution in [-0.4, -0.2) is 25.2 Å². The van der Waals surface area contributed by atoms with E-state index in [1.807, 2.05) is 30.3 Å². The maximum Gasteiger partial charge on any atom is 0.513 e. The molecule has 0 radical (unpaired) electrons. The van der Waals surface area contributed by atoms with E-state index in [1.54, 1.807) is 31.2 Å². The van der Waals surface area contributed by atoms with E-state index in [4.69, 9.17) is 13.9 Å². The fraction of sp³-hybridized carbons (Fsp3) is 0.200. The maximum atomic E-state index is 12.2. The van der Waals surface area contributed by atoms with Gasteiger partial charge < -0.3 is 19.2 Å². The van der Waals surface area contributed by atoms with Gasteiger partial charge in [-0.2, -0.15) is 0 Å². The molecule has 6 heteroatoms. The number of para-hydroxylation sites is 1. The van der Waals surface area contributed by atoms with Crippen molar-refractivity contribution in [3.05, 3.63) is 65.9 Å². The molecular formula is C20H19NO5. The molecule has 0 saturated heterocycles. The first-order valence-electron chi connectivity index (χ1n) is 8.36. The van der Waals surface area contributed by atoms with Gasteiger partial charge in [0.1, 0.15) is 17.1 Å². The van der Waals surface area contributed by atoms with Crippen LogP contribution in [0.2, 0.25) is 0 Å². The van der Waals surface area contributed by atoms with Gasteiger partial charge in [0, 0.05) is 23.9 Å². The molecule has 1 heterocycles. The number of hydrogen-bond acceptors (Lipinski definition) is 5. The lowest BCUT2D eigenvalue weighted by molar-refractivity contribution is 0.0953. The normalized spacial score (nSPS) is 10.5. The van der Waals surface area contributed by atoms with Gasteiger partial charge in [-0.3, -0.25) is 4.79 Å². The molecule has 0 aliphatic heterocycles. The standard InChI is InChI=1S/C20H19NO5/c1-2-24-20(23)26-16-9-7-14(8-10-16)19(22)21-12-11-17-13-15-5-3-4-6-18(15)25-17/h3-10,13H,2,11-12H2,1H3,(H,21,22). The molecule has 6 nitrogen and oxygen atoms in total. The van der Waals surface area contributed by atoms with Gasteiger partial charge >= 0.3 is 6.16 Å². The van der Waals surface area contributed by atoms with E-state index in [1.165, 1.54) is 0 Å². The second-order valence-electron chi connectivity index (χ2n) is 5.57. The van der Waals surface area contributed by atoms with Crippen LogP contribution in [0, 0.1) is 0 Å². The molecular weight excluding hydrogens is 334 g/mol. The molecule has 26 heavy (non-hydrogen) atoms. The van der Waals surface area contributed by atoms with E-state index >= 15 is 0 Å². The van der Waals surface area contributed by atoms with E-state index in [0.717, 1.165) is 16.7 Å². The lowest BCUT2D eigenvalue weighted by Gasteiger charge is -2.06. The Morgan fingerprint density at radius 2 is 1.85 bits per heavy atom. The third-order valence-corrected chi connectivity index (χ3v) is 3.71. The number of carbonyl (C=O) groups excluding carboxylic acids is 2. The number of nitrogens with one attached hydrogen (secondary N) is 1. The summed E-state index contributed by atoms with van der Waals surface area (Å²) in [4.78, 5) is 23.4. The number of ether oxygens (including phenoxy) is 2. The van der Waals surface area contributed by atoms with E-state index in [0.29, 0.717) is 24.3 Å². The molecule has 0 bridgehead atoms. The van der Waals surface area contributed by atoms with Gasteiger partial charge in [0.25, 0.3) is 5.91 Å². The lowest BCUT2D eigenvalue weighted by atomic mass is 10.2. The molecule has 1 aromatic heterocycles. The molecule has 3 rings (SSSR count). The Labute approximate surface area is 150 Å². The predicted molar refractivity (Wildman–Crippen MR) is 96.3 cm³/mol. The van der Waals surface area contributed by atoms with Gasteiger partial charge in [-0.15, -0.1) is 0 Å². The van der Waals surface area contributed by atoms with Crippen molar-refractivity contribution in [1.29, 1.82) is 0 Å². The summed E-state index contributed by atoms with van der Waals surface area (Å²) in [6.45, 7) is 2.39. The van der Waals surface area contributed by atoms with E-state index in [2.05, 4.69) is 5.32 Å². The molecule has 0 atom stereocenters. The minimum Gasteiger partial charge on any atom is -0.461 e. The third kappa shape index (κ3) is 4.42. The highest BCUT2D eigenvalue weighted by Gasteiger charge is 2.09. The van der Waals surface area contributed by atoms with E-state index < -0.39 is 6.16 Å². The minimum absolute atomic E-state index is 0.205. The summed E-state index contributed by atoms with van der Waals surface area (Å²) in [5.74, 6) is 0.941. The molecule has 3 aromatic rings. The van der Waals surface area contributed by atoms with Crippen LogP contribution in [0.1, 0.15) is 23.0 Å². The number of fused-ring (bicyclic) bond motifs is 1. The summed E-state index contributed by atoms with van der Waals surface area (Å²) in [7, 11) is 0. The van der Waals surface area contributed by atoms with Crippen LogP contribution in [0.3, 0.4) is 0 Å². The Morgan fingerprint density at radius 1 is 1.08 bits per heavy atom. The minimum atomic E-state index is -0.768. The first-order chi connectivity index (χ1) is 12.7. The van der Waals surface area contributed by atoms with Gasteiger partial charge in [-0.1, -0.05) is 18.2 Å². The molecule has 0 aliphatic carbocycles. The van der Waals surface area contributed by atoms with Gasteiger partial charge in [0.15, 0.2) is 0 Å². The molecule has 0 spiro atoms. The van der Waals surface area contributed by atoms with Crippen LogP contribution in [0.25, 0.3) is 11.0 Å². The zero-order chi connectivity index (χ0) is 18.4. The van der Waals surface area contributed by atoms with Crippen molar-refractivity contribution < 1.29 is 23.5 Å². The highest BCUT2D eigenvalue weighted by molar-refractivity contribution is 5.94. The highest BCUT2D eigenvalue weighted by atomic mass is 16.7. The van der Waals surface area contributed by atoms with Crippen LogP contribution >= 0.6 is 0 Å². The third-order valence-electron chi connectivity index (χ3n) is 3.71. The zero-order valence-corrected chi connectivity index (χ0v) is 14.4. The Kier molecular flexibility index (Phi) is 5.53. The lowest BCUT2D eigenvalue weighted by Crippen LogP contribution is -2.25. The van der Waals surface area contributed by atoms with Crippen molar-refractivity contribution in [2.75, 3.05) is 13.2 Å². The fourth-order valence-electron chi connectivity index (χ4n) is 2.48. The van der Waals surface area contributed by atoms with Crippen molar-refractivity contribution in [2.45, 2.75) is 13.3 Å². The Morgan fingerprint density at radius 3 is 2.58 bits per heavy atom. The van der Waals surface area contributed by atoms with Crippen molar-refractivity contribution in [3.63, 3.8) is 0 Å². The second kappa shape index (κ2) is 8.20. The molecule has 0 aliphatic rings. The van der Waals surface area contributed by atoms with Crippen molar-refractivity contribution in [1.82, 2.24) is 5.32 Å². The number of carbonyl (C=O) groups is 2. The van der Waals surface area contributed by atoms with Gasteiger partial charge in [0.2, 0.25) is 0 Å². The summed E-state index contributed by atoms with van der Waals surface area (Å²) in [6, 6.07) is 16.0. The molecule has 0 unspecified atom stereocenters. The van der Waals surface area contributed by atoms with Gasteiger partial charge in [0.05, 0.1) is 6.61 Å². The number of furan rings is 1. The van der Waals surface area contributed by atoms with Crippen LogP contribution < -0.4 is 10.1 Å². The Balaban J connectivity index is 1.50. The Hall–Kier alpha value is -3.28. The second-order valence-corrected chi connectivity index (χ2v) is 5.57. The number of amides is 1. The van der Waals surface area contributed by atoms with Crippen molar-refractivity contribution in [2.24, 2.45) is 0 Å². The highest BCUT2D eigenvalue weighted by Crippen LogP contribution is 2.19. The Bertz CT molecular complexity index is 865. The summed E-state index contributed by atoms with van der Waals surface area (Å²) in [5.41, 5.74) is 1.32. The van der Waals surface area contributed by atoms with Crippen molar-refractivity contribution >= 4 is 23.0 Å². The molecule has 0 saturated carbocycles. The largest absolute Gasteiger partial charge is 0.513 e. The van der Waals surface area contributed by atoms with Crippen LogP contribution in [0.15, 0.2) is 59.0 Å². The molecule has 1 amide bonds. The number of benzene rings is 2. The van der Waals surface area contributed by atoms with Crippen LogP contribution in [-0.2, 0) is 11.2 Å². The zero-order valence-electron chi connectivity index (χ0n) is 14.4. The summed E-state index contributed by atoms with van der Waals surface area (Å²) in [6.07, 6.45) is -0.166. The van der Waals surface area contributed by atoms with E-state index in [-0.39, 0.29) is 12.5 Å². The number of rotatable bonds is 6. The SMILES string of the molecule is CCOC(=O)Oc1ccc(C(=O)NCCc2cc3ccccc3o2)cc1. The van der Waals surface area contributed by atoms with Gasteiger partial charge in [-0.05, 0) is 43.3 Å². The monoisotopic (exact) mass is 353 g/mol.